The third kappa shape index (κ3) is 3.97. The molecule has 0 spiro atoms. The molecule has 0 aromatic carbocycles. The summed E-state index contributed by atoms with van der Waals surface area (Å²) in [6.07, 6.45) is 6.13. The van der Waals surface area contributed by atoms with Gasteiger partial charge in [0.15, 0.2) is 5.82 Å². The lowest BCUT2D eigenvalue weighted by Gasteiger charge is -2.19. The number of nitrogens with one attached hydrogen (secondary N) is 1. The molecule has 1 aliphatic rings. The zero-order valence-corrected chi connectivity index (χ0v) is 15.0. The summed E-state index contributed by atoms with van der Waals surface area (Å²) in [5.41, 5.74) is 0.562. The van der Waals surface area contributed by atoms with Crippen LogP contribution in [0.1, 0.15) is 55.1 Å². The van der Waals surface area contributed by atoms with Gasteiger partial charge in [0.1, 0.15) is 11.6 Å². The van der Waals surface area contributed by atoms with Gasteiger partial charge in [0.25, 0.3) is 5.91 Å². The molecule has 0 aliphatic carbocycles. The van der Waals surface area contributed by atoms with Gasteiger partial charge >= 0.3 is 0 Å². The Morgan fingerprint density at radius 3 is 2.76 bits per heavy atom. The zero-order valence-electron chi connectivity index (χ0n) is 15.0. The monoisotopic (exact) mass is 342 g/mol. The van der Waals surface area contributed by atoms with Crippen molar-refractivity contribution in [1.29, 1.82) is 0 Å². The van der Waals surface area contributed by atoms with E-state index in [1.807, 2.05) is 12.1 Å². The Labute approximate surface area is 148 Å². The van der Waals surface area contributed by atoms with Crippen molar-refractivity contribution < 1.29 is 4.79 Å². The smallest absolute Gasteiger partial charge is 0.253 e. The number of pyridine rings is 1. The number of nitrogens with zero attached hydrogens (tertiary/aromatic N) is 5. The third-order valence-corrected chi connectivity index (χ3v) is 4.69. The highest BCUT2D eigenvalue weighted by Gasteiger charge is 2.15. The van der Waals surface area contributed by atoms with Crippen molar-refractivity contribution in [1.82, 2.24) is 25.1 Å². The Kier molecular flexibility index (Phi) is 5.63. The molecule has 0 radical (unpaired) electrons. The van der Waals surface area contributed by atoms with Crippen LogP contribution in [-0.2, 0) is 19.5 Å². The molecule has 0 bridgehead atoms. The Morgan fingerprint density at radius 2 is 2.04 bits per heavy atom. The number of carbonyl (C=O) groups excluding carboxylic acids is 1. The topological polar surface area (TPSA) is 75.9 Å². The fourth-order valence-corrected chi connectivity index (χ4v) is 3.19. The molecule has 0 atom stereocenters. The summed E-state index contributed by atoms with van der Waals surface area (Å²) in [6, 6.07) is 3.71. The molecule has 1 N–H and O–H groups in total. The lowest BCUT2D eigenvalue weighted by molar-refractivity contribution is 0.0949. The summed E-state index contributed by atoms with van der Waals surface area (Å²) in [4.78, 5) is 18.9. The van der Waals surface area contributed by atoms with Gasteiger partial charge in [-0.1, -0.05) is 6.42 Å². The van der Waals surface area contributed by atoms with Crippen LogP contribution in [-0.4, -0.2) is 38.7 Å². The van der Waals surface area contributed by atoms with Crippen LogP contribution in [0.25, 0.3) is 0 Å². The lowest BCUT2D eigenvalue weighted by Crippen LogP contribution is -2.26. The van der Waals surface area contributed by atoms with Gasteiger partial charge in [0, 0.05) is 32.3 Å². The van der Waals surface area contributed by atoms with Crippen LogP contribution in [0.4, 0.5) is 5.82 Å². The Morgan fingerprint density at radius 1 is 1.20 bits per heavy atom. The minimum atomic E-state index is -0.135. The number of rotatable bonds is 6. The van der Waals surface area contributed by atoms with Crippen LogP contribution in [0.15, 0.2) is 18.3 Å². The van der Waals surface area contributed by atoms with Crippen molar-refractivity contribution in [2.75, 3.05) is 18.0 Å². The van der Waals surface area contributed by atoms with Crippen molar-refractivity contribution in [3.8, 4) is 0 Å². The second-order valence-electron chi connectivity index (χ2n) is 6.25. The number of anilines is 1. The Balaban J connectivity index is 1.62. The first kappa shape index (κ1) is 17.4. The predicted molar refractivity (Wildman–Crippen MR) is 96.5 cm³/mol. The average Bonchev–Trinajstić information content (AvgIpc) is 2.87. The van der Waals surface area contributed by atoms with Crippen LogP contribution in [0, 0.1) is 0 Å². The van der Waals surface area contributed by atoms with Crippen LogP contribution in [0.2, 0.25) is 0 Å². The van der Waals surface area contributed by atoms with Crippen LogP contribution in [0.3, 0.4) is 0 Å². The molecular weight excluding hydrogens is 316 g/mol. The fraction of sp³-hybridized carbons (Fsp3) is 0.556. The molecule has 3 rings (SSSR count). The molecule has 0 fully saturated rings. The molecule has 25 heavy (non-hydrogen) atoms. The second kappa shape index (κ2) is 8.09. The summed E-state index contributed by atoms with van der Waals surface area (Å²) in [5, 5.41) is 11.4. The molecule has 3 heterocycles. The van der Waals surface area contributed by atoms with E-state index in [0.29, 0.717) is 12.1 Å². The van der Waals surface area contributed by atoms with E-state index in [1.54, 1.807) is 6.20 Å². The molecule has 7 nitrogen and oxygen atoms in total. The lowest BCUT2D eigenvalue weighted by atomic mass is 10.2. The van der Waals surface area contributed by atoms with E-state index in [-0.39, 0.29) is 5.91 Å². The van der Waals surface area contributed by atoms with Crippen LogP contribution >= 0.6 is 0 Å². The van der Waals surface area contributed by atoms with E-state index in [0.717, 1.165) is 56.4 Å². The van der Waals surface area contributed by atoms with Gasteiger partial charge in [-0.15, -0.1) is 10.2 Å². The van der Waals surface area contributed by atoms with E-state index in [2.05, 4.69) is 43.8 Å². The summed E-state index contributed by atoms with van der Waals surface area (Å²) in [7, 11) is 0. The van der Waals surface area contributed by atoms with Crippen molar-refractivity contribution >= 4 is 11.7 Å². The number of fused-ring (bicyclic) bond motifs is 1. The second-order valence-corrected chi connectivity index (χ2v) is 6.25. The quantitative estimate of drug-likeness (QED) is 0.871. The Hall–Kier alpha value is -2.44. The zero-order chi connectivity index (χ0) is 17.6. The van der Waals surface area contributed by atoms with Gasteiger partial charge in [-0.05, 0) is 38.8 Å². The van der Waals surface area contributed by atoms with Crippen LogP contribution < -0.4 is 10.2 Å². The number of hydrogen-bond donors (Lipinski definition) is 1. The minimum absolute atomic E-state index is 0.135. The van der Waals surface area contributed by atoms with E-state index < -0.39 is 0 Å². The molecule has 134 valence electrons. The highest BCUT2D eigenvalue weighted by molar-refractivity contribution is 5.93. The molecule has 2 aromatic rings. The minimum Gasteiger partial charge on any atom is -0.357 e. The molecule has 2 aromatic heterocycles. The van der Waals surface area contributed by atoms with Gasteiger partial charge in [-0.2, -0.15) is 0 Å². The van der Waals surface area contributed by atoms with Gasteiger partial charge in [-0.3, -0.25) is 4.79 Å². The maximum Gasteiger partial charge on any atom is 0.253 e. The van der Waals surface area contributed by atoms with Crippen molar-refractivity contribution in [2.24, 2.45) is 0 Å². The van der Waals surface area contributed by atoms with Gasteiger partial charge in [0.2, 0.25) is 0 Å². The highest BCUT2D eigenvalue weighted by atomic mass is 16.1. The number of amides is 1. The number of carbonyl (C=O) groups is 1. The summed E-state index contributed by atoms with van der Waals surface area (Å²) < 4.78 is 2.15. The molecule has 0 saturated heterocycles. The van der Waals surface area contributed by atoms with E-state index >= 15 is 0 Å². The van der Waals surface area contributed by atoms with Crippen molar-refractivity contribution in [3.05, 3.63) is 35.5 Å². The Bertz CT molecular complexity index is 705. The molecule has 1 aliphatic heterocycles. The first-order valence-electron chi connectivity index (χ1n) is 9.13. The first-order valence-corrected chi connectivity index (χ1v) is 9.13. The molecular formula is C18H26N6O. The highest BCUT2D eigenvalue weighted by Crippen LogP contribution is 2.15. The standard InChI is InChI=1S/C18H26N6O/c1-3-23(4-2)15-10-9-14(12-19-15)18(25)20-13-17-22-21-16-8-6-5-7-11-24(16)17/h9-10,12H,3-8,11,13H2,1-2H3,(H,20,25). The van der Waals surface area contributed by atoms with Gasteiger partial charge < -0.3 is 14.8 Å². The molecule has 1 amide bonds. The van der Waals surface area contributed by atoms with E-state index in [4.69, 9.17) is 0 Å². The van der Waals surface area contributed by atoms with Gasteiger partial charge in [-0.25, -0.2) is 4.98 Å². The molecule has 7 heteroatoms. The largest absolute Gasteiger partial charge is 0.357 e. The summed E-state index contributed by atoms with van der Waals surface area (Å²) in [6.45, 7) is 7.30. The summed E-state index contributed by atoms with van der Waals surface area (Å²) in [5.74, 6) is 2.62. The molecule has 0 unspecified atom stereocenters. The molecule has 0 saturated carbocycles. The average molecular weight is 342 g/mol. The van der Waals surface area contributed by atoms with Crippen LogP contribution in [0.5, 0.6) is 0 Å². The fourth-order valence-electron chi connectivity index (χ4n) is 3.19. The maximum absolute atomic E-state index is 12.4. The normalized spacial score (nSPS) is 13.8. The summed E-state index contributed by atoms with van der Waals surface area (Å²) >= 11 is 0. The number of aryl methyl sites for hydroxylation is 1. The van der Waals surface area contributed by atoms with E-state index in [1.165, 1.54) is 6.42 Å². The van der Waals surface area contributed by atoms with Crippen molar-refractivity contribution in [2.45, 2.75) is 52.6 Å². The predicted octanol–water partition coefficient (Wildman–Crippen LogP) is 2.18. The maximum atomic E-state index is 12.4. The van der Waals surface area contributed by atoms with E-state index in [9.17, 15) is 4.79 Å². The van der Waals surface area contributed by atoms with Gasteiger partial charge in [0.05, 0.1) is 12.1 Å². The number of aromatic nitrogens is 4. The number of hydrogen-bond acceptors (Lipinski definition) is 5. The first-order chi connectivity index (χ1) is 12.2. The third-order valence-electron chi connectivity index (χ3n) is 4.69. The SMILES string of the molecule is CCN(CC)c1ccc(C(=O)NCc2nnc3n2CCCCC3)cn1. The van der Waals surface area contributed by atoms with Crippen molar-refractivity contribution in [3.63, 3.8) is 0 Å².